The first kappa shape index (κ1) is 17.7. The molecule has 2 heterocycles. The molecule has 4 aromatic rings. The van der Waals surface area contributed by atoms with Gasteiger partial charge in [0.15, 0.2) is 0 Å². The van der Waals surface area contributed by atoms with Gasteiger partial charge in [0.2, 0.25) is 0 Å². The zero-order valence-corrected chi connectivity index (χ0v) is 15.5. The summed E-state index contributed by atoms with van der Waals surface area (Å²) in [4.78, 5) is 23.4. The molecule has 0 unspecified atom stereocenters. The van der Waals surface area contributed by atoms with Gasteiger partial charge in [0.1, 0.15) is 6.04 Å². The van der Waals surface area contributed by atoms with E-state index in [4.69, 9.17) is 0 Å². The summed E-state index contributed by atoms with van der Waals surface area (Å²) in [6, 6.07) is 22.8. The minimum absolute atomic E-state index is 0.205. The highest BCUT2D eigenvalue weighted by molar-refractivity contribution is 6.01. The third-order valence-electron chi connectivity index (χ3n) is 4.71. The van der Waals surface area contributed by atoms with Crippen LogP contribution in [0.15, 0.2) is 91.4 Å². The lowest BCUT2D eigenvalue weighted by atomic mass is 10.0. The molecule has 1 atom stereocenters. The zero-order valence-electron chi connectivity index (χ0n) is 15.5. The third kappa shape index (κ3) is 3.55. The molecule has 0 bridgehead atoms. The smallest absolute Gasteiger partial charge is 0.315 e. The van der Waals surface area contributed by atoms with Gasteiger partial charge >= 0.3 is 6.03 Å². The number of urea groups is 1. The summed E-state index contributed by atoms with van der Waals surface area (Å²) in [7, 11) is 1.79. The lowest BCUT2D eigenvalue weighted by Gasteiger charge is -2.28. The summed E-state index contributed by atoms with van der Waals surface area (Å²) >= 11 is 0. The molecule has 0 spiro atoms. The van der Waals surface area contributed by atoms with Gasteiger partial charge in [0.05, 0.1) is 11.4 Å². The van der Waals surface area contributed by atoms with Gasteiger partial charge in [-0.1, -0.05) is 48.5 Å². The van der Waals surface area contributed by atoms with Crippen molar-refractivity contribution < 1.29 is 4.79 Å². The number of fused-ring (bicyclic) bond motifs is 1. The van der Waals surface area contributed by atoms with Crippen LogP contribution < -0.4 is 5.32 Å². The van der Waals surface area contributed by atoms with E-state index in [-0.39, 0.29) is 12.1 Å². The molecule has 0 fully saturated rings. The van der Waals surface area contributed by atoms with Gasteiger partial charge in [-0.2, -0.15) is 0 Å². The molecule has 0 aliphatic rings. The summed E-state index contributed by atoms with van der Waals surface area (Å²) in [6.45, 7) is 0. The SMILES string of the molecule is CN(C(=O)Nc1cccc2cnccc12)[C@H](c1ccccc1)c1ccccn1. The van der Waals surface area contributed by atoms with Crippen molar-refractivity contribution in [2.45, 2.75) is 6.04 Å². The number of hydrogen-bond acceptors (Lipinski definition) is 3. The molecule has 0 aliphatic carbocycles. The molecule has 28 heavy (non-hydrogen) atoms. The molecule has 2 aromatic carbocycles. The molecule has 0 radical (unpaired) electrons. The van der Waals surface area contributed by atoms with Gasteiger partial charge < -0.3 is 10.2 Å². The van der Waals surface area contributed by atoms with E-state index < -0.39 is 0 Å². The molecule has 2 aromatic heterocycles. The van der Waals surface area contributed by atoms with Crippen molar-refractivity contribution >= 4 is 22.5 Å². The van der Waals surface area contributed by atoms with E-state index in [1.165, 1.54) is 0 Å². The van der Waals surface area contributed by atoms with E-state index in [0.717, 1.165) is 27.7 Å². The van der Waals surface area contributed by atoms with E-state index in [2.05, 4.69) is 15.3 Å². The molecule has 1 N–H and O–H groups in total. The number of benzene rings is 2. The van der Waals surface area contributed by atoms with Crippen molar-refractivity contribution in [3.8, 4) is 0 Å². The average molecular weight is 368 g/mol. The fourth-order valence-electron chi connectivity index (χ4n) is 3.32. The molecule has 138 valence electrons. The van der Waals surface area contributed by atoms with Crippen molar-refractivity contribution in [2.75, 3.05) is 12.4 Å². The van der Waals surface area contributed by atoms with Crippen LogP contribution in [0.5, 0.6) is 0 Å². The van der Waals surface area contributed by atoms with Gasteiger partial charge in [0.25, 0.3) is 0 Å². The number of aromatic nitrogens is 2. The van der Waals surface area contributed by atoms with Crippen LogP contribution >= 0.6 is 0 Å². The molecular weight excluding hydrogens is 348 g/mol. The number of pyridine rings is 2. The summed E-state index contributed by atoms with van der Waals surface area (Å²) in [5, 5.41) is 4.97. The molecule has 5 nitrogen and oxygen atoms in total. The van der Waals surface area contributed by atoms with Crippen molar-refractivity contribution in [2.24, 2.45) is 0 Å². The van der Waals surface area contributed by atoms with Crippen LogP contribution in [0.1, 0.15) is 17.3 Å². The average Bonchev–Trinajstić information content (AvgIpc) is 2.75. The Morgan fingerprint density at radius 3 is 2.54 bits per heavy atom. The minimum Gasteiger partial charge on any atom is -0.315 e. The summed E-state index contributed by atoms with van der Waals surface area (Å²) in [5.74, 6) is 0. The summed E-state index contributed by atoms with van der Waals surface area (Å²) in [5.41, 5.74) is 2.57. The van der Waals surface area contributed by atoms with Crippen LogP contribution in [0.25, 0.3) is 10.8 Å². The Kier molecular flexibility index (Phi) is 4.97. The van der Waals surface area contributed by atoms with Gasteiger partial charge in [0, 0.05) is 36.4 Å². The Balaban J connectivity index is 1.67. The topological polar surface area (TPSA) is 58.1 Å². The predicted octanol–water partition coefficient (Wildman–Crippen LogP) is 4.88. The van der Waals surface area contributed by atoms with Crippen LogP contribution in [0.4, 0.5) is 10.5 Å². The molecule has 5 heteroatoms. The van der Waals surface area contributed by atoms with Crippen LogP contribution in [0.2, 0.25) is 0 Å². The Labute approximate surface area is 163 Å². The largest absolute Gasteiger partial charge is 0.322 e. The number of nitrogens with one attached hydrogen (secondary N) is 1. The highest BCUT2D eigenvalue weighted by Crippen LogP contribution is 2.28. The normalized spacial score (nSPS) is 11.8. The summed E-state index contributed by atoms with van der Waals surface area (Å²) in [6.07, 6.45) is 5.26. The van der Waals surface area contributed by atoms with Gasteiger partial charge in [-0.25, -0.2) is 4.79 Å². The number of carbonyl (C=O) groups is 1. The Morgan fingerprint density at radius 1 is 0.929 bits per heavy atom. The standard InChI is InChI=1S/C23H20N4O/c1-27(22(17-8-3-2-4-9-17)21-11-5-6-14-25-21)23(28)26-20-12-7-10-18-16-24-15-13-19(18)20/h2-16,22H,1H3,(H,26,28)/t22-/m1/s1. The molecule has 4 rings (SSSR count). The second-order valence-corrected chi connectivity index (χ2v) is 6.51. The zero-order chi connectivity index (χ0) is 19.3. The monoisotopic (exact) mass is 368 g/mol. The molecule has 0 aliphatic heterocycles. The van der Waals surface area contributed by atoms with E-state index in [0.29, 0.717) is 0 Å². The second-order valence-electron chi connectivity index (χ2n) is 6.51. The van der Waals surface area contributed by atoms with Crippen LogP contribution in [0.3, 0.4) is 0 Å². The summed E-state index contributed by atoms with van der Waals surface area (Å²) < 4.78 is 0. The number of amides is 2. The van der Waals surface area contributed by atoms with E-state index >= 15 is 0 Å². The fourth-order valence-corrected chi connectivity index (χ4v) is 3.32. The van der Waals surface area contributed by atoms with Gasteiger partial charge in [-0.3, -0.25) is 9.97 Å². The lowest BCUT2D eigenvalue weighted by molar-refractivity contribution is 0.211. The number of anilines is 1. The third-order valence-corrected chi connectivity index (χ3v) is 4.71. The number of hydrogen-bond donors (Lipinski definition) is 1. The molecule has 0 saturated carbocycles. The molecular formula is C23H20N4O. The number of rotatable bonds is 4. The maximum absolute atomic E-state index is 13.1. The lowest BCUT2D eigenvalue weighted by Crippen LogP contribution is -2.35. The quantitative estimate of drug-likeness (QED) is 0.558. The van der Waals surface area contributed by atoms with E-state index in [1.54, 1.807) is 30.5 Å². The van der Waals surface area contributed by atoms with Crippen LogP contribution in [0, 0.1) is 0 Å². The first-order valence-electron chi connectivity index (χ1n) is 9.06. The minimum atomic E-state index is -0.293. The fraction of sp³-hybridized carbons (Fsp3) is 0.0870. The Bertz CT molecular complexity index is 1040. The Morgan fingerprint density at radius 2 is 1.75 bits per heavy atom. The molecule has 2 amide bonds. The first-order chi connectivity index (χ1) is 13.7. The second kappa shape index (κ2) is 7.88. The number of carbonyl (C=O) groups excluding carboxylic acids is 1. The maximum Gasteiger partial charge on any atom is 0.322 e. The van der Waals surface area contributed by atoms with E-state index in [9.17, 15) is 4.79 Å². The van der Waals surface area contributed by atoms with Gasteiger partial charge in [-0.05, 0) is 29.8 Å². The predicted molar refractivity (Wildman–Crippen MR) is 111 cm³/mol. The van der Waals surface area contributed by atoms with Crippen molar-refractivity contribution in [3.63, 3.8) is 0 Å². The molecule has 0 saturated heterocycles. The van der Waals surface area contributed by atoms with Crippen molar-refractivity contribution in [3.05, 3.63) is 103 Å². The highest BCUT2D eigenvalue weighted by Gasteiger charge is 2.24. The maximum atomic E-state index is 13.1. The Hall–Kier alpha value is -3.73. The van der Waals surface area contributed by atoms with Gasteiger partial charge in [-0.15, -0.1) is 0 Å². The number of nitrogens with zero attached hydrogens (tertiary/aromatic N) is 3. The van der Waals surface area contributed by atoms with Crippen molar-refractivity contribution in [1.29, 1.82) is 0 Å². The highest BCUT2D eigenvalue weighted by atomic mass is 16.2. The first-order valence-corrected chi connectivity index (χ1v) is 9.06. The van der Waals surface area contributed by atoms with Crippen molar-refractivity contribution in [1.82, 2.24) is 14.9 Å². The van der Waals surface area contributed by atoms with E-state index in [1.807, 2.05) is 72.8 Å². The van der Waals surface area contributed by atoms with Crippen LogP contribution in [-0.4, -0.2) is 27.9 Å². The van der Waals surface area contributed by atoms with Crippen LogP contribution in [-0.2, 0) is 0 Å².